The molecular weight excluding hydrogens is 508 g/mol. The summed E-state index contributed by atoms with van der Waals surface area (Å²) in [7, 11) is 0. The second kappa shape index (κ2) is 20.5. The minimum absolute atomic E-state index is 0.0189. The third-order valence-corrected chi connectivity index (χ3v) is 9.52. The molecule has 2 unspecified atom stereocenters. The Balaban J connectivity index is 1.55. The van der Waals surface area contributed by atoms with Crippen molar-refractivity contribution in [3.63, 3.8) is 0 Å². The van der Waals surface area contributed by atoms with E-state index in [1.807, 2.05) is 0 Å². The lowest BCUT2D eigenvalue weighted by Gasteiger charge is -2.39. The number of aryl methyl sites for hydroxylation is 1. The van der Waals surface area contributed by atoms with E-state index in [1.165, 1.54) is 133 Å². The highest BCUT2D eigenvalue weighted by Gasteiger charge is 2.39. The second-order valence-corrected chi connectivity index (χ2v) is 13.1. The average Bonchev–Trinajstić information content (AvgIpc) is 3.48. The van der Waals surface area contributed by atoms with Crippen LogP contribution in [0.5, 0.6) is 0 Å². The summed E-state index contributed by atoms with van der Waals surface area (Å²) in [5, 5.41) is 0. The monoisotopic (exact) mass is 570 g/mol. The Hall–Kier alpha value is -2.35. The molecular formula is C40H62N2. The number of benzene rings is 2. The highest BCUT2D eigenvalue weighted by atomic mass is 15.1. The molecule has 0 spiro atoms. The highest BCUT2D eigenvalue weighted by Crippen LogP contribution is 2.44. The van der Waals surface area contributed by atoms with E-state index in [0.29, 0.717) is 5.92 Å². The summed E-state index contributed by atoms with van der Waals surface area (Å²) in [6.45, 7) is 8.20. The van der Waals surface area contributed by atoms with Gasteiger partial charge in [-0.1, -0.05) is 184 Å². The van der Waals surface area contributed by atoms with Crippen LogP contribution in [0.4, 0.5) is 0 Å². The number of hydrogen-bond acceptors (Lipinski definition) is 1. The molecule has 3 aromatic rings. The fraction of sp³-hybridized carbons (Fsp3) is 0.625. The van der Waals surface area contributed by atoms with Gasteiger partial charge < -0.3 is 4.57 Å². The molecule has 3 rings (SSSR count). The standard InChI is InChI=1S/C40H62N2/c1-4-6-8-9-10-11-12-13-14-15-16-17-18-26-33-42-34-32-41-39(42)38(31-21-7-5-2)40(3,37-29-24-20-25-30-37)35-36-27-22-19-23-28-36/h19-20,22-25,27-30,32,34,38H,4-18,21,26,31,33,35H2,1-3H3. The Kier molecular flexibility index (Phi) is 16.7. The van der Waals surface area contributed by atoms with Gasteiger partial charge in [-0.05, 0) is 30.4 Å². The molecule has 0 aliphatic heterocycles. The molecule has 0 fully saturated rings. The summed E-state index contributed by atoms with van der Waals surface area (Å²) >= 11 is 0. The Morgan fingerprint density at radius 2 is 1.12 bits per heavy atom. The maximum atomic E-state index is 5.08. The molecule has 2 heteroatoms. The van der Waals surface area contributed by atoms with Crippen LogP contribution >= 0.6 is 0 Å². The van der Waals surface area contributed by atoms with Crippen molar-refractivity contribution in [2.75, 3.05) is 0 Å². The van der Waals surface area contributed by atoms with Gasteiger partial charge in [0.2, 0.25) is 0 Å². The largest absolute Gasteiger partial charge is 0.335 e. The SMILES string of the molecule is CCCCCCCCCCCCCCCCn1ccnc1C(CCCCC)C(C)(Cc1ccccc1)c1ccccc1. The lowest BCUT2D eigenvalue weighted by Crippen LogP contribution is -2.35. The van der Waals surface area contributed by atoms with E-state index in [0.717, 1.165) is 13.0 Å². The van der Waals surface area contributed by atoms with E-state index in [1.54, 1.807) is 0 Å². The van der Waals surface area contributed by atoms with Gasteiger partial charge in [0.1, 0.15) is 5.82 Å². The first kappa shape index (κ1) is 34.1. The van der Waals surface area contributed by atoms with Crippen LogP contribution in [0.25, 0.3) is 0 Å². The number of nitrogens with zero attached hydrogens (tertiary/aromatic N) is 2. The maximum absolute atomic E-state index is 5.08. The third kappa shape index (κ3) is 11.7. The van der Waals surface area contributed by atoms with Crippen molar-refractivity contribution in [1.82, 2.24) is 9.55 Å². The van der Waals surface area contributed by atoms with Crippen LogP contribution in [0.15, 0.2) is 73.1 Å². The predicted molar refractivity (Wildman–Crippen MR) is 183 cm³/mol. The van der Waals surface area contributed by atoms with Crippen LogP contribution in [0, 0.1) is 0 Å². The smallest absolute Gasteiger partial charge is 0.112 e. The van der Waals surface area contributed by atoms with Crippen molar-refractivity contribution in [3.8, 4) is 0 Å². The van der Waals surface area contributed by atoms with Gasteiger partial charge in [0.25, 0.3) is 0 Å². The summed E-state index contributed by atoms with van der Waals surface area (Å²) in [6, 6.07) is 22.4. The van der Waals surface area contributed by atoms with Crippen LogP contribution < -0.4 is 0 Å². The summed E-state index contributed by atoms with van der Waals surface area (Å²) in [6.07, 6.45) is 30.0. The molecule has 2 aromatic carbocycles. The maximum Gasteiger partial charge on any atom is 0.112 e. The highest BCUT2D eigenvalue weighted by molar-refractivity contribution is 5.33. The Labute approximate surface area is 259 Å². The lowest BCUT2D eigenvalue weighted by molar-refractivity contribution is 0.322. The molecule has 2 atom stereocenters. The van der Waals surface area contributed by atoms with E-state index < -0.39 is 0 Å². The Morgan fingerprint density at radius 3 is 1.69 bits per heavy atom. The minimum Gasteiger partial charge on any atom is -0.335 e. The van der Waals surface area contributed by atoms with Crippen LogP contribution in [0.3, 0.4) is 0 Å². The van der Waals surface area contributed by atoms with Crippen molar-refractivity contribution >= 4 is 0 Å². The third-order valence-electron chi connectivity index (χ3n) is 9.52. The molecule has 0 saturated heterocycles. The first-order chi connectivity index (χ1) is 20.7. The Morgan fingerprint density at radius 1 is 0.619 bits per heavy atom. The molecule has 0 amide bonds. The predicted octanol–water partition coefficient (Wildman–Crippen LogP) is 12.2. The molecule has 0 radical (unpaired) electrons. The van der Waals surface area contributed by atoms with Gasteiger partial charge in [-0.2, -0.15) is 0 Å². The summed E-state index contributed by atoms with van der Waals surface area (Å²) in [5.74, 6) is 1.68. The lowest BCUT2D eigenvalue weighted by atomic mass is 9.66. The first-order valence-corrected chi connectivity index (χ1v) is 17.8. The fourth-order valence-electron chi connectivity index (χ4n) is 6.89. The Bertz CT molecular complexity index is 1040. The van der Waals surface area contributed by atoms with Gasteiger partial charge in [0.05, 0.1) is 0 Å². The topological polar surface area (TPSA) is 17.8 Å². The number of imidazole rings is 1. The van der Waals surface area contributed by atoms with Crippen LogP contribution in [0.1, 0.15) is 159 Å². The molecule has 2 nitrogen and oxygen atoms in total. The van der Waals surface area contributed by atoms with Gasteiger partial charge in [-0.15, -0.1) is 0 Å². The van der Waals surface area contributed by atoms with E-state index in [9.17, 15) is 0 Å². The first-order valence-electron chi connectivity index (χ1n) is 17.8. The van der Waals surface area contributed by atoms with E-state index >= 15 is 0 Å². The molecule has 0 aliphatic rings. The number of aromatic nitrogens is 2. The van der Waals surface area contributed by atoms with E-state index in [4.69, 9.17) is 4.98 Å². The van der Waals surface area contributed by atoms with Crippen molar-refractivity contribution in [3.05, 3.63) is 90.0 Å². The molecule has 0 saturated carbocycles. The minimum atomic E-state index is -0.0189. The molecule has 0 bridgehead atoms. The fourth-order valence-corrected chi connectivity index (χ4v) is 6.89. The van der Waals surface area contributed by atoms with Crippen molar-refractivity contribution < 1.29 is 0 Å². The van der Waals surface area contributed by atoms with E-state index in [2.05, 4.69) is 98.4 Å². The normalized spacial score (nSPS) is 13.7. The van der Waals surface area contributed by atoms with E-state index in [-0.39, 0.29) is 5.41 Å². The van der Waals surface area contributed by atoms with Crippen molar-refractivity contribution in [2.24, 2.45) is 0 Å². The molecule has 42 heavy (non-hydrogen) atoms. The van der Waals surface area contributed by atoms with Crippen molar-refractivity contribution in [2.45, 2.75) is 161 Å². The van der Waals surface area contributed by atoms with Gasteiger partial charge in [-0.3, -0.25) is 0 Å². The zero-order valence-corrected chi connectivity index (χ0v) is 27.5. The molecule has 1 aromatic heterocycles. The number of hydrogen-bond donors (Lipinski definition) is 0. The van der Waals surface area contributed by atoms with Crippen LogP contribution in [-0.4, -0.2) is 9.55 Å². The molecule has 1 heterocycles. The zero-order chi connectivity index (χ0) is 29.7. The van der Waals surface area contributed by atoms with Crippen molar-refractivity contribution in [1.29, 1.82) is 0 Å². The second-order valence-electron chi connectivity index (χ2n) is 13.1. The van der Waals surface area contributed by atoms with Gasteiger partial charge in [0.15, 0.2) is 0 Å². The molecule has 0 aliphatic carbocycles. The number of rotatable bonds is 24. The van der Waals surface area contributed by atoms with Gasteiger partial charge >= 0.3 is 0 Å². The van der Waals surface area contributed by atoms with Crippen LogP contribution in [-0.2, 0) is 18.4 Å². The van der Waals surface area contributed by atoms with Crippen LogP contribution in [0.2, 0.25) is 0 Å². The number of unbranched alkanes of at least 4 members (excludes halogenated alkanes) is 15. The summed E-state index contributed by atoms with van der Waals surface area (Å²) < 4.78 is 2.50. The van der Waals surface area contributed by atoms with Gasteiger partial charge in [-0.25, -0.2) is 4.98 Å². The average molecular weight is 571 g/mol. The zero-order valence-electron chi connectivity index (χ0n) is 27.5. The molecule has 232 valence electrons. The quantitative estimate of drug-likeness (QED) is 0.0979. The summed E-state index contributed by atoms with van der Waals surface area (Å²) in [5.41, 5.74) is 2.82. The molecule has 0 N–H and O–H groups in total. The van der Waals surface area contributed by atoms with Gasteiger partial charge in [0, 0.05) is 30.3 Å². The summed E-state index contributed by atoms with van der Waals surface area (Å²) in [4.78, 5) is 5.08.